The second-order valence-corrected chi connectivity index (χ2v) is 0.630. The molecule has 0 aromatic heterocycles. The molecular weight excluding hydrogens is 99.8 g/mol. The predicted octanol–water partition coefficient (Wildman–Crippen LogP) is -0.492. The van der Waals surface area contributed by atoms with Gasteiger partial charge in [0.05, 0.1) is 5.88 Å². The van der Waals surface area contributed by atoms with Crippen LogP contribution < -0.4 is 0 Å². The van der Waals surface area contributed by atoms with E-state index in [0.717, 1.165) is 0 Å². The fourth-order valence-electron chi connectivity index (χ4n) is 0. The van der Waals surface area contributed by atoms with Crippen LogP contribution in [0.3, 0.4) is 0 Å². The van der Waals surface area contributed by atoms with E-state index in [1.165, 1.54) is 0 Å². The van der Waals surface area contributed by atoms with Gasteiger partial charge in [0.15, 0.2) is 0 Å². The SMILES string of the molecule is O=CCCl.[MgH2]. The number of rotatable bonds is 1. The van der Waals surface area contributed by atoms with Crippen LogP contribution in [-0.2, 0) is 4.79 Å². The summed E-state index contributed by atoms with van der Waals surface area (Å²) in [6, 6.07) is 0. The van der Waals surface area contributed by atoms with Crippen molar-refractivity contribution in [2.45, 2.75) is 0 Å². The van der Waals surface area contributed by atoms with Crippen molar-refractivity contribution in [1.29, 1.82) is 0 Å². The van der Waals surface area contributed by atoms with Gasteiger partial charge in [-0.2, -0.15) is 0 Å². The van der Waals surface area contributed by atoms with Gasteiger partial charge in [0, 0.05) is 0 Å². The van der Waals surface area contributed by atoms with Crippen LogP contribution in [0.25, 0.3) is 0 Å². The Bertz CT molecular complexity index is 23.6. The fourth-order valence-corrected chi connectivity index (χ4v) is 0. The molecule has 0 amide bonds. The maximum Gasteiger partial charge on any atom is 0.316 e. The van der Waals surface area contributed by atoms with Crippen molar-refractivity contribution in [2.75, 3.05) is 5.88 Å². The third-order valence-electron chi connectivity index (χ3n) is 0.0630. The van der Waals surface area contributed by atoms with Crippen molar-refractivity contribution in [2.24, 2.45) is 0 Å². The van der Waals surface area contributed by atoms with E-state index in [1.54, 1.807) is 0 Å². The normalized spacial score (nSPS) is 5.00. The molecule has 28 valence electrons. The van der Waals surface area contributed by atoms with Gasteiger partial charge in [0.2, 0.25) is 0 Å². The van der Waals surface area contributed by atoms with Crippen LogP contribution in [0.15, 0.2) is 0 Å². The molecule has 5 heavy (non-hydrogen) atoms. The van der Waals surface area contributed by atoms with Gasteiger partial charge in [0.25, 0.3) is 0 Å². The highest BCUT2D eigenvalue weighted by atomic mass is 35.5. The minimum Gasteiger partial charge on any atom is -0.302 e. The Kier molecular flexibility index (Phi) is 16.3. The molecule has 0 fully saturated rings. The third kappa shape index (κ3) is 11.8. The second-order valence-electron chi connectivity index (χ2n) is 0.321. The Morgan fingerprint density at radius 2 is 2.00 bits per heavy atom. The summed E-state index contributed by atoms with van der Waals surface area (Å²) in [7, 11) is 0. The van der Waals surface area contributed by atoms with Crippen molar-refractivity contribution >= 4 is 40.9 Å². The molecule has 0 spiro atoms. The molecular formula is C2H5ClMgO. The first-order valence-electron chi connectivity index (χ1n) is 0.911. The van der Waals surface area contributed by atoms with Crippen LogP contribution >= 0.6 is 11.6 Å². The van der Waals surface area contributed by atoms with Crippen LogP contribution in [0.1, 0.15) is 0 Å². The summed E-state index contributed by atoms with van der Waals surface area (Å²) in [5.41, 5.74) is 0. The second kappa shape index (κ2) is 8.83. The molecule has 0 aromatic carbocycles. The predicted molar refractivity (Wildman–Crippen MR) is 25.3 cm³/mol. The number of aldehydes is 1. The first-order chi connectivity index (χ1) is 1.91. The van der Waals surface area contributed by atoms with E-state index < -0.39 is 0 Å². The number of carbonyl (C=O) groups is 1. The zero-order valence-electron chi connectivity index (χ0n) is 2.07. The lowest BCUT2D eigenvalue weighted by Crippen LogP contribution is -1.63. The number of carbonyl (C=O) groups excluding carboxylic acids is 1. The lowest BCUT2D eigenvalue weighted by atomic mass is 10.9. The Balaban J connectivity index is 0. The molecule has 0 atom stereocenters. The molecule has 0 aliphatic rings. The average Bonchev–Trinajstić information content (AvgIpc) is 1.37. The number of halogens is 1. The van der Waals surface area contributed by atoms with E-state index in [9.17, 15) is 0 Å². The topological polar surface area (TPSA) is 17.1 Å². The van der Waals surface area contributed by atoms with E-state index >= 15 is 0 Å². The number of hydrogen-bond acceptors (Lipinski definition) is 1. The summed E-state index contributed by atoms with van der Waals surface area (Å²) < 4.78 is 0. The Hall–Kier alpha value is 0.726. The highest BCUT2D eigenvalue weighted by molar-refractivity contribution is 6.24. The molecule has 0 radical (unpaired) electrons. The molecule has 0 aliphatic carbocycles. The first kappa shape index (κ1) is 9.21. The van der Waals surface area contributed by atoms with Gasteiger partial charge in [-0.3, -0.25) is 0 Å². The van der Waals surface area contributed by atoms with Crippen LogP contribution in [0.2, 0.25) is 0 Å². The lowest BCUT2D eigenvalue weighted by molar-refractivity contribution is -0.105. The molecule has 0 aliphatic heterocycles. The van der Waals surface area contributed by atoms with E-state index in [1.807, 2.05) is 0 Å². The molecule has 0 saturated heterocycles. The quantitative estimate of drug-likeness (QED) is 0.249. The van der Waals surface area contributed by atoms with Gasteiger partial charge in [0.1, 0.15) is 6.29 Å². The molecule has 0 rings (SSSR count). The van der Waals surface area contributed by atoms with Crippen LogP contribution in [0.5, 0.6) is 0 Å². The maximum absolute atomic E-state index is 9.04. The van der Waals surface area contributed by atoms with Gasteiger partial charge in [-0.1, -0.05) is 0 Å². The van der Waals surface area contributed by atoms with Crippen molar-refractivity contribution in [3.63, 3.8) is 0 Å². The summed E-state index contributed by atoms with van der Waals surface area (Å²) in [5.74, 6) is 0.111. The van der Waals surface area contributed by atoms with Gasteiger partial charge in [-0.15, -0.1) is 11.6 Å². The van der Waals surface area contributed by atoms with Gasteiger partial charge < -0.3 is 4.79 Å². The Morgan fingerprint density at radius 1 is 1.80 bits per heavy atom. The maximum atomic E-state index is 9.04. The van der Waals surface area contributed by atoms with Crippen LogP contribution in [-0.4, -0.2) is 35.2 Å². The third-order valence-corrected chi connectivity index (χ3v) is 0.189. The van der Waals surface area contributed by atoms with Crippen molar-refractivity contribution < 1.29 is 4.79 Å². The van der Waals surface area contributed by atoms with Crippen molar-refractivity contribution in [1.82, 2.24) is 0 Å². The van der Waals surface area contributed by atoms with E-state index in [-0.39, 0.29) is 28.9 Å². The minimum atomic E-state index is 0. The zero-order chi connectivity index (χ0) is 3.41. The standard InChI is InChI=1S/C2H3ClO.Mg.2H/c3-1-2-4;;;/h2H,1H2;;;. The van der Waals surface area contributed by atoms with Crippen molar-refractivity contribution in [3.05, 3.63) is 0 Å². The minimum absolute atomic E-state index is 0. The lowest BCUT2D eigenvalue weighted by Gasteiger charge is -1.49. The average molecular weight is 105 g/mol. The van der Waals surface area contributed by atoms with E-state index in [0.29, 0.717) is 6.29 Å². The molecule has 1 nitrogen and oxygen atoms in total. The molecule has 3 heteroatoms. The van der Waals surface area contributed by atoms with E-state index in [4.69, 9.17) is 16.4 Å². The molecule has 0 aromatic rings. The molecule has 0 bridgehead atoms. The zero-order valence-corrected chi connectivity index (χ0v) is 2.83. The Labute approximate surface area is 51.8 Å². The smallest absolute Gasteiger partial charge is 0.302 e. The Morgan fingerprint density at radius 3 is 2.00 bits per heavy atom. The van der Waals surface area contributed by atoms with Gasteiger partial charge in [-0.05, 0) is 0 Å². The van der Waals surface area contributed by atoms with E-state index in [2.05, 4.69) is 0 Å². The highest BCUT2D eigenvalue weighted by Crippen LogP contribution is 1.57. The molecule has 0 N–H and O–H groups in total. The summed E-state index contributed by atoms with van der Waals surface area (Å²) in [5, 5.41) is 0. The van der Waals surface area contributed by atoms with Gasteiger partial charge >= 0.3 is 23.1 Å². The molecule has 0 heterocycles. The molecule has 0 unspecified atom stereocenters. The van der Waals surface area contributed by atoms with Crippen LogP contribution in [0.4, 0.5) is 0 Å². The number of hydrogen-bond donors (Lipinski definition) is 0. The molecule has 0 saturated carbocycles. The monoisotopic (exact) mass is 104 g/mol. The van der Waals surface area contributed by atoms with Crippen molar-refractivity contribution in [3.8, 4) is 0 Å². The largest absolute Gasteiger partial charge is 0.316 e. The highest BCUT2D eigenvalue weighted by Gasteiger charge is 1.55. The summed E-state index contributed by atoms with van der Waals surface area (Å²) in [6.07, 6.45) is 0.640. The summed E-state index contributed by atoms with van der Waals surface area (Å²) in [4.78, 5) is 9.04. The summed E-state index contributed by atoms with van der Waals surface area (Å²) in [6.45, 7) is 0. The number of alkyl halides is 1. The summed E-state index contributed by atoms with van der Waals surface area (Å²) >= 11 is 4.82. The van der Waals surface area contributed by atoms with Gasteiger partial charge in [-0.25, -0.2) is 0 Å². The fraction of sp³-hybridized carbons (Fsp3) is 0.500. The first-order valence-corrected chi connectivity index (χ1v) is 1.45. The van der Waals surface area contributed by atoms with Crippen LogP contribution in [0, 0.1) is 0 Å².